The molecule has 38 heavy (non-hydrogen) atoms. The molecule has 5 heterocycles. The average Bonchev–Trinajstić information content (AvgIpc) is 3.48. The summed E-state index contributed by atoms with van der Waals surface area (Å²) >= 11 is 1.05. The van der Waals surface area contributed by atoms with Crippen LogP contribution >= 0.6 is 11.3 Å². The second-order valence-electron chi connectivity index (χ2n) is 9.01. The van der Waals surface area contributed by atoms with Gasteiger partial charge in [-0.3, -0.25) is 14.5 Å². The number of carboxylic acid groups (broad SMARTS) is 1. The SMILES string of the molecule is C[n+]1ccccc1N1CCC(=CC2=C(C(=O)O)N3C(=O)[C@@H](NC(=O)/C(=N\O)c4csc(N)n4)[C@H]3CC2)C1=O. The van der Waals surface area contributed by atoms with Gasteiger partial charge in [0.25, 0.3) is 17.6 Å². The van der Waals surface area contributed by atoms with Crippen molar-refractivity contribution >= 4 is 51.7 Å². The van der Waals surface area contributed by atoms with Gasteiger partial charge in [-0.1, -0.05) is 11.2 Å². The van der Waals surface area contributed by atoms with E-state index in [4.69, 9.17) is 5.73 Å². The fourth-order valence-corrected chi connectivity index (χ4v) is 5.57. The van der Waals surface area contributed by atoms with Crippen LogP contribution < -0.4 is 20.5 Å². The number of nitrogens with two attached hydrogens (primary N) is 1. The number of oxime groups is 1. The fraction of sp³-hybridized carbons (Fsp3) is 0.292. The molecule has 0 bridgehead atoms. The first-order chi connectivity index (χ1) is 18.2. The molecule has 2 aromatic rings. The molecule has 5 rings (SSSR count). The number of carbonyl (C=O) groups is 4. The molecule has 0 saturated carbocycles. The predicted molar refractivity (Wildman–Crippen MR) is 134 cm³/mol. The minimum atomic E-state index is -1.30. The largest absolute Gasteiger partial charge is 0.477 e. The number of fused-ring (bicyclic) bond motifs is 1. The van der Waals surface area contributed by atoms with E-state index in [2.05, 4.69) is 15.5 Å². The zero-order valence-corrected chi connectivity index (χ0v) is 21.0. The van der Waals surface area contributed by atoms with Crippen LogP contribution in [0.3, 0.4) is 0 Å². The number of amides is 3. The molecule has 2 atom stereocenters. The van der Waals surface area contributed by atoms with Gasteiger partial charge in [0.05, 0.1) is 25.8 Å². The number of aromatic nitrogens is 2. The normalized spacial score (nSPS) is 22.6. The van der Waals surface area contributed by atoms with E-state index >= 15 is 0 Å². The van der Waals surface area contributed by atoms with Gasteiger partial charge < -0.3 is 21.4 Å². The van der Waals surface area contributed by atoms with Crippen molar-refractivity contribution in [1.29, 1.82) is 0 Å². The predicted octanol–water partition coefficient (Wildman–Crippen LogP) is -0.0805. The number of nitrogens with one attached hydrogen (secondary N) is 1. The molecular formula is C24H24N7O6S+. The zero-order valence-electron chi connectivity index (χ0n) is 20.2. The van der Waals surface area contributed by atoms with Crippen molar-refractivity contribution in [3.05, 3.63) is 58.4 Å². The summed E-state index contributed by atoms with van der Waals surface area (Å²) in [4.78, 5) is 57.7. The van der Waals surface area contributed by atoms with Gasteiger partial charge >= 0.3 is 11.9 Å². The van der Waals surface area contributed by atoms with Crippen molar-refractivity contribution < 1.29 is 34.1 Å². The molecule has 5 N–H and O–H groups in total. The standard InChI is InChI=1S/C24H23N7O6S/c1-29-8-3-2-4-16(29)30-9-7-13(21(30)33)10-12-5-6-15-18(22(34)31(15)19(12)23(35)36)27-20(32)17(28-37)14-11-38-24(25)26-14/h2-4,8,10-11,15,18H,5-7,9H2,1H3,(H4-,25,26,27,32,35,36,37)/p+1/t15-,18+/m1/s1. The van der Waals surface area contributed by atoms with E-state index in [-0.39, 0.29) is 22.4 Å². The van der Waals surface area contributed by atoms with E-state index in [0.29, 0.717) is 37.0 Å². The van der Waals surface area contributed by atoms with Gasteiger partial charge in [0, 0.05) is 23.4 Å². The van der Waals surface area contributed by atoms with Crippen molar-refractivity contribution in [3.8, 4) is 0 Å². The number of anilines is 2. The van der Waals surface area contributed by atoms with E-state index in [1.807, 2.05) is 36.0 Å². The van der Waals surface area contributed by atoms with Crippen LogP contribution in [-0.4, -0.2) is 68.2 Å². The maximum Gasteiger partial charge on any atom is 0.352 e. The summed E-state index contributed by atoms with van der Waals surface area (Å²) in [6.07, 6.45) is 4.51. The molecule has 14 heteroatoms. The van der Waals surface area contributed by atoms with Gasteiger partial charge in [0.15, 0.2) is 10.8 Å². The molecule has 0 unspecified atom stereocenters. The number of β-lactam (4-membered cyclic amide) rings is 1. The summed E-state index contributed by atoms with van der Waals surface area (Å²) in [5.74, 6) is -2.24. The molecule has 2 saturated heterocycles. The molecule has 0 spiro atoms. The smallest absolute Gasteiger partial charge is 0.352 e. The highest BCUT2D eigenvalue weighted by Crippen LogP contribution is 2.38. The Hall–Kier alpha value is -4.59. The van der Waals surface area contributed by atoms with Gasteiger partial charge in [-0.05, 0) is 30.6 Å². The maximum absolute atomic E-state index is 13.1. The molecule has 3 aliphatic heterocycles. The molecule has 13 nitrogen and oxygen atoms in total. The van der Waals surface area contributed by atoms with Crippen molar-refractivity contribution in [3.63, 3.8) is 0 Å². The van der Waals surface area contributed by atoms with Gasteiger partial charge in [-0.15, -0.1) is 11.3 Å². The number of aliphatic carboxylic acids is 1. The lowest BCUT2D eigenvalue weighted by Crippen LogP contribution is -2.72. The summed E-state index contributed by atoms with van der Waals surface area (Å²) in [5.41, 5.74) is 5.86. The number of thiazole rings is 1. The highest BCUT2D eigenvalue weighted by molar-refractivity contribution is 7.13. The van der Waals surface area contributed by atoms with Gasteiger partial charge in [-0.25, -0.2) is 19.1 Å². The summed E-state index contributed by atoms with van der Waals surface area (Å²) in [7, 11) is 1.84. The lowest BCUT2D eigenvalue weighted by Gasteiger charge is -2.50. The van der Waals surface area contributed by atoms with Gasteiger partial charge in [0.2, 0.25) is 0 Å². The molecule has 196 valence electrons. The van der Waals surface area contributed by atoms with Crippen LogP contribution in [0, 0.1) is 0 Å². The Morgan fingerprint density at radius 1 is 1.32 bits per heavy atom. The lowest BCUT2D eigenvalue weighted by molar-refractivity contribution is -0.658. The van der Waals surface area contributed by atoms with Crippen LogP contribution in [0.4, 0.5) is 10.9 Å². The Bertz CT molecular complexity index is 1460. The van der Waals surface area contributed by atoms with Crippen LogP contribution in [-0.2, 0) is 26.2 Å². The van der Waals surface area contributed by atoms with Crippen LogP contribution in [0.5, 0.6) is 0 Å². The third-order valence-electron chi connectivity index (χ3n) is 6.82. The Morgan fingerprint density at radius 2 is 2.11 bits per heavy atom. The number of hydrogen-bond acceptors (Lipinski definition) is 9. The van der Waals surface area contributed by atoms with E-state index in [0.717, 1.165) is 22.1 Å². The third kappa shape index (κ3) is 4.18. The fourth-order valence-electron chi connectivity index (χ4n) is 5.02. The molecule has 3 amide bonds. The van der Waals surface area contributed by atoms with E-state index < -0.39 is 35.6 Å². The summed E-state index contributed by atoms with van der Waals surface area (Å²) < 4.78 is 1.83. The summed E-state index contributed by atoms with van der Waals surface area (Å²) in [6, 6.07) is 3.93. The second-order valence-corrected chi connectivity index (χ2v) is 9.90. The van der Waals surface area contributed by atoms with Crippen molar-refractivity contribution in [1.82, 2.24) is 15.2 Å². The summed E-state index contributed by atoms with van der Waals surface area (Å²) in [5, 5.41) is 26.4. The van der Waals surface area contributed by atoms with E-state index in [1.165, 1.54) is 5.38 Å². The molecule has 0 aliphatic carbocycles. The Balaban J connectivity index is 1.36. The number of carboxylic acids is 1. The Kier molecular flexibility index (Phi) is 6.40. The van der Waals surface area contributed by atoms with Crippen molar-refractivity contribution in [2.75, 3.05) is 17.2 Å². The number of pyridine rings is 1. The molecular weight excluding hydrogens is 514 g/mol. The second kappa shape index (κ2) is 9.70. The molecule has 0 aromatic carbocycles. The first-order valence-corrected chi connectivity index (χ1v) is 12.6. The molecule has 0 radical (unpaired) electrons. The molecule has 2 aromatic heterocycles. The monoisotopic (exact) mass is 538 g/mol. The number of rotatable bonds is 6. The number of hydrogen-bond donors (Lipinski definition) is 4. The summed E-state index contributed by atoms with van der Waals surface area (Å²) in [6.45, 7) is 0.455. The number of nitrogen functional groups attached to an aromatic ring is 1. The van der Waals surface area contributed by atoms with Crippen LogP contribution in [0.1, 0.15) is 25.0 Å². The number of allylic oxidation sites excluding steroid dienone is 2. The first-order valence-electron chi connectivity index (χ1n) is 11.7. The van der Waals surface area contributed by atoms with Crippen molar-refractivity contribution in [2.45, 2.75) is 31.3 Å². The minimum absolute atomic E-state index is 0.0548. The number of carbonyl (C=O) groups excluding carboxylic acids is 3. The van der Waals surface area contributed by atoms with Gasteiger partial charge in [-0.2, -0.15) is 4.90 Å². The quantitative estimate of drug-likeness (QED) is 0.0983. The van der Waals surface area contributed by atoms with Crippen molar-refractivity contribution in [2.24, 2.45) is 12.2 Å². The minimum Gasteiger partial charge on any atom is -0.477 e. The number of aryl methyl sites for hydroxylation is 1. The zero-order chi connectivity index (χ0) is 27.1. The van der Waals surface area contributed by atoms with Crippen LogP contribution in [0.25, 0.3) is 0 Å². The highest BCUT2D eigenvalue weighted by atomic mass is 32.1. The van der Waals surface area contributed by atoms with E-state index in [1.54, 1.807) is 11.0 Å². The average molecular weight is 539 g/mol. The Labute approximate surface area is 220 Å². The number of nitrogens with zero attached hydrogens (tertiary/aromatic N) is 5. The third-order valence-corrected chi connectivity index (χ3v) is 7.49. The maximum atomic E-state index is 13.1. The topological polar surface area (TPSA) is 182 Å². The molecule has 2 fully saturated rings. The van der Waals surface area contributed by atoms with Crippen LogP contribution in [0.15, 0.2) is 57.9 Å². The van der Waals surface area contributed by atoms with Crippen LogP contribution in [0.2, 0.25) is 0 Å². The Morgan fingerprint density at radius 3 is 2.76 bits per heavy atom. The molecule has 3 aliphatic rings. The highest BCUT2D eigenvalue weighted by Gasteiger charge is 2.53. The lowest BCUT2D eigenvalue weighted by atomic mass is 9.82. The van der Waals surface area contributed by atoms with Gasteiger partial charge in [0.1, 0.15) is 17.4 Å². The van der Waals surface area contributed by atoms with E-state index in [9.17, 15) is 29.5 Å². The first kappa shape index (κ1) is 25.1.